The topological polar surface area (TPSA) is 56.1 Å². The van der Waals surface area contributed by atoms with Gasteiger partial charge < -0.3 is 14.6 Å². The van der Waals surface area contributed by atoms with Gasteiger partial charge >= 0.3 is 6.18 Å². The number of hydrogen-bond donors (Lipinski definition) is 1. The van der Waals surface area contributed by atoms with E-state index in [2.05, 4.69) is 4.98 Å². The van der Waals surface area contributed by atoms with Gasteiger partial charge in [0.25, 0.3) is 0 Å². The number of halogens is 3. The molecule has 0 aliphatic carbocycles. The van der Waals surface area contributed by atoms with Crippen LogP contribution < -0.4 is 10.1 Å². The Balaban J connectivity index is 2.13. The molecule has 0 fully saturated rings. The first-order chi connectivity index (χ1) is 10.4. The number of amides is 1. The van der Waals surface area contributed by atoms with Gasteiger partial charge in [-0.15, -0.1) is 0 Å². The quantitative estimate of drug-likeness (QED) is 0.921. The Hall–Kier alpha value is -2.51. The van der Waals surface area contributed by atoms with Crippen LogP contribution in [0.4, 0.5) is 13.2 Å². The number of alkyl halides is 3. The predicted octanol–water partition coefficient (Wildman–Crippen LogP) is 2.31. The highest BCUT2D eigenvalue weighted by atomic mass is 19.4. The number of methoxy groups -OCH3 is 1. The molecule has 1 aromatic carbocycles. The first-order valence-corrected chi connectivity index (χ1v) is 6.36. The van der Waals surface area contributed by atoms with Gasteiger partial charge in [-0.1, -0.05) is 12.1 Å². The summed E-state index contributed by atoms with van der Waals surface area (Å²) in [5.41, 5.74) is -0.0627. The first kappa shape index (κ1) is 15.9. The summed E-state index contributed by atoms with van der Waals surface area (Å²) in [6.07, 6.45) is -0.303. The van der Waals surface area contributed by atoms with E-state index in [9.17, 15) is 18.0 Å². The van der Waals surface area contributed by atoms with Crippen LogP contribution in [0.2, 0.25) is 0 Å². The molecular formula is C14H14F3N3O2. The molecule has 118 valence electrons. The summed E-state index contributed by atoms with van der Waals surface area (Å²) in [4.78, 5) is 15.5. The van der Waals surface area contributed by atoms with E-state index in [1.165, 1.54) is 54.7 Å². The van der Waals surface area contributed by atoms with Crippen LogP contribution in [0.5, 0.6) is 5.75 Å². The number of nitrogens with one attached hydrogen (secondary N) is 1. The van der Waals surface area contributed by atoms with Crippen molar-refractivity contribution in [3.05, 3.63) is 48.5 Å². The number of aromatic nitrogens is 2. The van der Waals surface area contributed by atoms with Gasteiger partial charge in [0.2, 0.25) is 5.91 Å². The Morgan fingerprint density at radius 1 is 1.36 bits per heavy atom. The summed E-state index contributed by atoms with van der Waals surface area (Å²) in [6.45, 7) is -0.233. The number of carbonyl (C=O) groups is 1. The summed E-state index contributed by atoms with van der Waals surface area (Å²) < 4.78 is 45.8. The molecule has 0 bridgehead atoms. The lowest BCUT2D eigenvalue weighted by atomic mass is 10.1. The van der Waals surface area contributed by atoms with Crippen molar-refractivity contribution in [2.24, 2.45) is 0 Å². The normalized spacial score (nSPS) is 12.7. The molecule has 0 saturated carbocycles. The number of rotatable bonds is 5. The van der Waals surface area contributed by atoms with Gasteiger partial charge in [-0.2, -0.15) is 13.2 Å². The van der Waals surface area contributed by atoms with Crippen molar-refractivity contribution in [1.29, 1.82) is 0 Å². The number of carbonyl (C=O) groups excluding carboxylic acids is 1. The lowest BCUT2D eigenvalue weighted by Gasteiger charge is -2.22. The van der Waals surface area contributed by atoms with E-state index < -0.39 is 18.1 Å². The van der Waals surface area contributed by atoms with E-state index in [0.29, 0.717) is 5.75 Å². The molecule has 0 saturated heterocycles. The van der Waals surface area contributed by atoms with Gasteiger partial charge in [0, 0.05) is 12.4 Å². The number of hydrogen-bond acceptors (Lipinski definition) is 3. The maximum Gasteiger partial charge on any atom is 0.412 e. The highest BCUT2D eigenvalue weighted by Gasteiger charge is 2.41. The number of nitrogens with zero attached hydrogens (tertiary/aromatic N) is 2. The standard InChI is InChI=1S/C14H14F3N3O2/c1-22-11-4-2-10(3-5-11)13(14(15,16)17)19-12(21)8-20-7-6-18-9-20/h2-7,9,13H,8H2,1H3,(H,19,21)/t13-/m1/s1. The summed E-state index contributed by atoms with van der Waals surface area (Å²) >= 11 is 0. The molecule has 5 nitrogen and oxygen atoms in total. The zero-order valence-electron chi connectivity index (χ0n) is 11.7. The largest absolute Gasteiger partial charge is 0.497 e. The first-order valence-electron chi connectivity index (χ1n) is 6.36. The molecule has 8 heteroatoms. The van der Waals surface area contributed by atoms with Gasteiger partial charge in [0.1, 0.15) is 12.3 Å². The van der Waals surface area contributed by atoms with Crippen molar-refractivity contribution in [2.75, 3.05) is 7.11 Å². The third-order valence-electron chi connectivity index (χ3n) is 2.97. The zero-order chi connectivity index (χ0) is 16.2. The van der Waals surface area contributed by atoms with E-state index in [1.54, 1.807) is 0 Å². The van der Waals surface area contributed by atoms with E-state index in [1.807, 2.05) is 5.32 Å². The molecule has 1 atom stereocenters. The van der Waals surface area contributed by atoms with Crippen LogP contribution in [-0.2, 0) is 11.3 Å². The van der Waals surface area contributed by atoms with Crippen molar-refractivity contribution in [3.8, 4) is 5.75 Å². The van der Waals surface area contributed by atoms with E-state index in [0.717, 1.165) is 0 Å². The van der Waals surface area contributed by atoms with Crippen LogP contribution in [0.25, 0.3) is 0 Å². The van der Waals surface area contributed by atoms with Crippen LogP contribution in [0.1, 0.15) is 11.6 Å². The minimum atomic E-state index is -4.60. The number of ether oxygens (including phenoxy) is 1. The number of imidazole rings is 1. The minimum Gasteiger partial charge on any atom is -0.497 e. The molecule has 0 spiro atoms. The molecule has 1 aromatic heterocycles. The summed E-state index contributed by atoms with van der Waals surface area (Å²) in [7, 11) is 1.42. The average Bonchev–Trinajstić information content (AvgIpc) is 2.96. The molecular weight excluding hydrogens is 299 g/mol. The van der Waals surface area contributed by atoms with Crippen molar-refractivity contribution in [2.45, 2.75) is 18.8 Å². The van der Waals surface area contributed by atoms with Gasteiger partial charge in [0.15, 0.2) is 6.04 Å². The predicted molar refractivity (Wildman–Crippen MR) is 72.2 cm³/mol. The summed E-state index contributed by atoms with van der Waals surface area (Å²) in [5, 5.41) is 2.00. The van der Waals surface area contributed by atoms with Gasteiger partial charge in [-0.05, 0) is 17.7 Å². The van der Waals surface area contributed by atoms with Gasteiger partial charge in [-0.3, -0.25) is 4.79 Å². The van der Waals surface area contributed by atoms with Gasteiger partial charge in [-0.25, -0.2) is 4.98 Å². The maximum atomic E-state index is 13.2. The second kappa shape index (κ2) is 6.50. The van der Waals surface area contributed by atoms with Crippen molar-refractivity contribution in [3.63, 3.8) is 0 Å². The smallest absolute Gasteiger partial charge is 0.412 e. The Labute approximate surface area is 124 Å². The molecule has 0 aliphatic heterocycles. The number of benzene rings is 1. The highest BCUT2D eigenvalue weighted by molar-refractivity contribution is 5.76. The third-order valence-corrected chi connectivity index (χ3v) is 2.97. The van der Waals surface area contributed by atoms with E-state index in [4.69, 9.17) is 4.74 Å². The van der Waals surface area contributed by atoms with Crippen molar-refractivity contribution in [1.82, 2.24) is 14.9 Å². The lowest BCUT2D eigenvalue weighted by Crippen LogP contribution is -2.39. The molecule has 0 unspecified atom stereocenters. The summed E-state index contributed by atoms with van der Waals surface area (Å²) in [5.74, 6) is -0.314. The van der Waals surface area contributed by atoms with E-state index in [-0.39, 0.29) is 12.1 Å². The highest BCUT2D eigenvalue weighted by Crippen LogP contribution is 2.33. The fourth-order valence-corrected chi connectivity index (χ4v) is 1.90. The average molecular weight is 313 g/mol. The molecule has 0 radical (unpaired) electrons. The van der Waals surface area contributed by atoms with Crippen LogP contribution in [0.15, 0.2) is 43.0 Å². The molecule has 2 rings (SSSR count). The van der Waals surface area contributed by atoms with Crippen molar-refractivity contribution >= 4 is 5.91 Å². The molecule has 2 aromatic rings. The minimum absolute atomic E-state index is 0.0627. The second-order valence-corrected chi connectivity index (χ2v) is 4.55. The molecule has 0 aliphatic rings. The van der Waals surface area contributed by atoms with E-state index >= 15 is 0 Å². The molecule has 1 N–H and O–H groups in total. The summed E-state index contributed by atoms with van der Waals surface area (Å²) in [6, 6.07) is 3.30. The van der Waals surface area contributed by atoms with Crippen LogP contribution in [-0.4, -0.2) is 28.7 Å². The molecule has 1 amide bonds. The Morgan fingerprint density at radius 2 is 2.05 bits per heavy atom. The molecule has 22 heavy (non-hydrogen) atoms. The Bertz CT molecular complexity index is 609. The third kappa shape index (κ3) is 4.00. The van der Waals surface area contributed by atoms with Gasteiger partial charge in [0.05, 0.1) is 13.4 Å². The van der Waals surface area contributed by atoms with Crippen LogP contribution in [0, 0.1) is 0 Å². The van der Waals surface area contributed by atoms with Crippen LogP contribution in [0.3, 0.4) is 0 Å². The molecule has 1 heterocycles. The lowest BCUT2D eigenvalue weighted by molar-refractivity contribution is -0.163. The fourth-order valence-electron chi connectivity index (χ4n) is 1.90. The maximum absolute atomic E-state index is 13.2. The fraction of sp³-hybridized carbons (Fsp3) is 0.286. The SMILES string of the molecule is COc1ccc([C@@H](NC(=O)Cn2ccnc2)C(F)(F)F)cc1. The van der Waals surface area contributed by atoms with Crippen LogP contribution >= 0.6 is 0 Å². The second-order valence-electron chi connectivity index (χ2n) is 4.55. The van der Waals surface area contributed by atoms with Crippen molar-refractivity contribution < 1.29 is 22.7 Å². The Morgan fingerprint density at radius 3 is 2.55 bits per heavy atom. The monoisotopic (exact) mass is 313 g/mol. The zero-order valence-corrected chi connectivity index (χ0v) is 11.7. The Kier molecular flexibility index (Phi) is 4.69.